The van der Waals surface area contributed by atoms with Crippen LogP contribution in [0.2, 0.25) is 5.02 Å². The quantitative estimate of drug-likeness (QED) is 0.857. The largest absolute Gasteiger partial charge is 0.381 e. The summed E-state index contributed by atoms with van der Waals surface area (Å²) in [6.45, 7) is 4.57. The van der Waals surface area contributed by atoms with E-state index < -0.39 is 0 Å². The molecule has 0 bridgehead atoms. The monoisotopic (exact) mass is 276 g/mol. The molecule has 1 saturated carbocycles. The Morgan fingerprint density at radius 2 is 2.05 bits per heavy atom. The highest BCUT2D eigenvalue weighted by molar-refractivity contribution is 6.30. The van der Waals surface area contributed by atoms with Gasteiger partial charge in [-0.3, -0.25) is 0 Å². The molecule has 19 heavy (non-hydrogen) atoms. The van der Waals surface area contributed by atoms with E-state index in [4.69, 9.17) is 11.6 Å². The Morgan fingerprint density at radius 3 is 2.74 bits per heavy atom. The summed E-state index contributed by atoms with van der Waals surface area (Å²) in [6.07, 6.45) is 5.04. The maximum absolute atomic E-state index is 9.18. The molecule has 1 aromatic rings. The highest BCUT2D eigenvalue weighted by Gasteiger charge is 2.27. The highest BCUT2D eigenvalue weighted by atomic mass is 35.5. The molecule has 0 saturated heterocycles. The highest BCUT2D eigenvalue weighted by Crippen LogP contribution is 2.33. The number of nitrogens with one attached hydrogen (secondary N) is 1. The number of rotatable bonds is 3. The van der Waals surface area contributed by atoms with Gasteiger partial charge in [0.05, 0.1) is 11.3 Å². The summed E-state index contributed by atoms with van der Waals surface area (Å²) in [4.78, 5) is 0. The molecular formula is C16H21ClN2. The van der Waals surface area contributed by atoms with Crippen LogP contribution in [0, 0.1) is 23.2 Å². The van der Waals surface area contributed by atoms with Crippen molar-refractivity contribution in [3.8, 4) is 6.07 Å². The van der Waals surface area contributed by atoms with Crippen LogP contribution in [0.1, 0.15) is 45.1 Å². The molecule has 3 heteroatoms. The van der Waals surface area contributed by atoms with Crippen molar-refractivity contribution in [2.45, 2.75) is 45.6 Å². The van der Waals surface area contributed by atoms with Gasteiger partial charge in [-0.15, -0.1) is 0 Å². The zero-order valence-corrected chi connectivity index (χ0v) is 12.4. The maximum Gasteiger partial charge on any atom is 0.101 e. The smallest absolute Gasteiger partial charge is 0.101 e. The average molecular weight is 277 g/mol. The van der Waals surface area contributed by atoms with Crippen molar-refractivity contribution < 1.29 is 0 Å². The van der Waals surface area contributed by atoms with Crippen molar-refractivity contribution in [1.29, 1.82) is 5.26 Å². The minimum atomic E-state index is 0.458. The average Bonchev–Trinajstić information content (AvgIpc) is 2.39. The van der Waals surface area contributed by atoms with E-state index in [0.29, 0.717) is 28.5 Å². The fourth-order valence-electron chi connectivity index (χ4n) is 3.07. The molecule has 1 aliphatic carbocycles. The van der Waals surface area contributed by atoms with Gasteiger partial charge in [0, 0.05) is 11.1 Å². The SMILES string of the molecule is CC(C)C1CCCCC1Nc1cc(Cl)ccc1C#N. The van der Waals surface area contributed by atoms with Crippen LogP contribution in [0.25, 0.3) is 0 Å². The van der Waals surface area contributed by atoms with Crippen LogP contribution in [0.4, 0.5) is 5.69 Å². The Kier molecular flexibility index (Phi) is 4.71. The molecule has 2 nitrogen and oxygen atoms in total. The first-order chi connectivity index (χ1) is 9.11. The summed E-state index contributed by atoms with van der Waals surface area (Å²) >= 11 is 6.04. The maximum atomic E-state index is 9.18. The minimum absolute atomic E-state index is 0.458. The fourth-order valence-corrected chi connectivity index (χ4v) is 3.24. The molecule has 2 atom stereocenters. The number of hydrogen-bond acceptors (Lipinski definition) is 2. The van der Waals surface area contributed by atoms with E-state index in [1.54, 1.807) is 12.1 Å². The third-order valence-corrected chi connectivity index (χ3v) is 4.35. The minimum Gasteiger partial charge on any atom is -0.381 e. The number of benzene rings is 1. The first-order valence-electron chi connectivity index (χ1n) is 7.08. The third kappa shape index (κ3) is 3.42. The lowest BCUT2D eigenvalue weighted by molar-refractivity contribution is 0.254. The Bertz CT molecular complexity index is 476. The van der Waals surface area contributed by atoms with Crippen LogP contribution < -0.4 is 5.32 Å². The predicted molar refractivity (Wildman–Crippen MR) is 80.4 cm³/mol. The molecule has 1 N–H and O–H groups in total. The molecule has 1 aliphatic rings. The second kappa shape index (κ2) is 6.30. The van der Waals surface area contributed by atoms with E-state index in [0.717, 1.165) is 5.69 Å². The summed E-state index contributed by atoms with van der Waals surface area (Å²) in [5, 5.41) is 13.4. The number of nitriles is 1. The summed E-state index contributed by atoms with van der Waals surface area (Å²) in [5.74, 6) is 1.35. The summed E-state index contributed by atoms with van der Waals surface area (Å²) < 4.78 is 0. The lowest BCUT2D eigenvalue weighted by Crippen LogP contribution is -2.35. The molecule has 0 radical (unpaired) electrons. The zero-order chi connectivity index (χ0) is 13.8. The van der Waals surface area contributed by atoms with Gasteiger partial charge >= 0.3 is 0 Å². The molecule has 1 aromatic carbocycles. The van der Waals surface area contributed by atoms with Crippen LogP contribution in [0.3, 0.4) is 0 Å². The van der Waals surface area contributed by atoms with E-state index in [1.807, 2.05) is 6.07 Å². The molecule has 0 spiro atoms. The summed E-state index contributed by atoms with van der Waals surface area (Å²) in [6, 6.07) is 8.12. The zero-order valence-electron chi connectivity index (χ0n) is 11.6. The topological polar surface area (TPSA) is 35.8 Å². The van der Waals surface area contributed by atoms with Crippen LogP contribution >= 0.6 is 11.6 Å². The first-order valence-corrected chi connectivity index (χ1v) is 7.46. The molecule has 102 valence electrons. The van der Waals surface area contributed by atoms with Crippen molar-refractivity contribution in [3.63, 3.8) is 0 Å². The Labute approximate surface area is 120 Å². The third-order valence-electron chi connectivity index (χ3n) is 4.12. The van der Waals surface area contributed by atoms with Gasteiger partial charge in [-0.1, -0.05) is 38.3 Å². The van der Waals surface area contributed by atoms with E-state index in [-0.39, 0.29) is 0 Å². The summed E-state index contributed by atoms with van der Waals surface area (Å²) in [7, 11) is 0. The second-order valence-corrected chi connectivity index (χ2v) is 6.18. The normalized spacial score (nSPS) is 23.1. The molecule has 0 amide bonds. The van der Waals surface area contributed by atoms with Gasteiger partial charge in [-0.25, -0.2) is 0 Å². The number of nitrogens with zero attached hydrogens (tertiary/aromatic N) is 1. The first kappa shape index (κ1) is 14.2. The Hall–Kier alpha value is -1.20. The molecular weight excluding hydrogens is 256 g/mol. The number of halogens is 1. The van der Waals surface area contributed by atoms with Crippen LogP contribution in [-0.4, -0.2) is 6.04 Å². The Morgan fingerprint density at radius 1 is 1.32 bits per heavy atom. The van der Waals surface area contributed by atoms with Gasteiger partial charge < -0.3 is 5.32 Å². The Balaban J connectivity index is 2.19. The van der Waals surface area contributed by atoms with Crippen LogP contribution in [0.5, 0.6) is 0 Å². The molecule has 2 rings (SSSR count). The van der Waals surface area contributed by atoms with Gasteiger partial charge in [0.15, 0.2) is 0 Å². The van der Waals surface area contributed by atoms with E-state index in [1.165, 1.54) is 25.7 Å². The number of anilines is 1. The van der Waals surface area contributed by atoms with Gasteiger partial charge in [-0.05, 0) is 42.9 Å². The second-order valence-electron chi connectivity index (χ2n) is 5.74. The fraction of sp³-hybridized carbons (Fsp3) is 0.562. The molecule has 0 heterocycles. The lowest BCUT2D eigenvalue weighted by atomic mass is 9.77. The van der Waals surface area contributed by atoms with Crippen molar-refractivity contribution in [1.82, 2.24) is 0 Å². The summed E-state index contributed by atoms with van der Waals surface area (Å²) in [5.41, 5.74) is 1.56. The molecule has 2 unspecified atom stereocenters. The van der Waals surface area contributed by atoms with Crippen molar-refractivity contribution in [2.24, 2.45) is 11.8 Å². The van der Waals surface area contributed by atoms with E-state index in [9.17, 15) is 5.26 Å². The van der Waals surface area contributed by atoms with Crippen LogP contribution in [-0.2, 0) is 0 Å². The standard InChI is InChI=1S/C16H21ClN2/c1-11(2)14-5-3-4-6-15(14)19-16-9-13(17)8-7-12(16)10-18/h7-9,11,14-15,19H,3-6H2,1-2H3. The van der Waals surface area contributed by atoms with Gasteiger partial charge in [0.2, 0.25) is 0 Å². The van der Waals surface area contributed by atoms with Gasteiger partial charge in [-0.2, -0.15) is 5.26 Å². The predicted octanol–water partition coefficient (Wildman–Crippen LogP) is 4.84. The molecule has 1 fully saturated rings. The molecule has 0 aromatic heterocycles. The number of hydrogen-bond donors (Lipinski definition) is 1. The van der Waals surface area contributed by atoms with Crippen molar-refractivity contribution in [3.05, 3.63) is 28.8 Å². The molecule has 0 aliphatic heterocycles. The van der Waals surface area contributed by atoms with Crippen molar-refractivity contribution >= 4 is 17.3 Å². The van der Waals surface area contributed by atoms with Crippen LogP contribution in [0.15, 0.2) is 18.2 Å². The van der Waals surface area contributed by atoms with E-state index in [2.05, 4.69) is 25.2 Å². The van der Waals surface area contributed by atoms with E-state index >= 15 is 0 Å². The van der Waals surface area contributed by atoms with Crippen molar-refractivity contribution in [2.75, 3.05) is 5.32 Å². The van der Waals surface area contributed by atoms with Gasteiger partial charge in [0.1, 0.15) is 6.07 Å². The lowest BCUT2D eigenvalue weighted by Gasteiger charge is -2.35. The van der Waals surface area contributed by atoms with Gasteiger partial charge in [0.25, 0.3) is 0 Å².